The minimum Gasteiger partial charge on any atom is -0.334 e. The van der Waals surface area contributed by atoms with Crippen LogP contribution in [0.3, 0.4) is 0 Å². The summed E-state index contributed by atoms with van der Waals surface area (Å²) in [4.78, 5) is 11.6. The van der Waals surface area contributed by atoms with Crippen LogP contribution in [0.5, 0.6) is 0 Å². The van der Waals surface area contributed by atoms with E-state index in [2.05, 4.69) is 10.6 Å². The standard InChI is InChI=1S/C17H17FN2O/c1-13-5-7-15(8-6-13)12-20-17(21)19-10-9-14-3-2-4-16(18)11-14/h2-11H,12H2,1H3,(H2,19,20,21)/b10-9+. The average Bonchev–Trinajstić information content (AvgIpc) is 2.47. The van der Waals surface area contributed by atoms with Gasteiger partial charge in [-0.15, -0.1) is 0 Å². The van der Waals surface area contributed by atoms with Gasteiger partial charge in [-0.25, -0.2) is 9.18 Å². The zero-order valence-electron chi connectivity index (χ0n) is 11.8. The van der Waals surface area contributed by atoms with Crippen molar-refractivity contribution in [3.05, 3.63) is 77.2 Å². The molecular weight excluding hydrogens is 267 g/mol. The zero-order valence-corrected chi connectivity index (χ0v) is 11.8. The fourth-order valence-electron chi connectivity index (χ4n) is 1.76. The van der Waals surface area contributed by atoms with Crippen LogP contribution in [0.2, 0.25) is 0 Å². The molecule has 0 saturated carbocycles. The highest BCUT2D eigenvalue weighted by Crippen LogP contribution is 2.04. The molecule has 0 aliphatic rings. The van der Waals surface area contributed by atoms with Crippen molar-refractivity contribution < 1.29 is 9.18 Å². The number of amides is 2. The normalized spacial score (nSPS) is 10.6. The molecular formula is C17H17FN2O. The fourth-order valence-corrected chi connectivity index (χ4v) is 1.76. The summed E-state index contributed by atoms with van der Waals surface area (Å²) in [6, 6.07) is 13.8. The molecule has 4 heteroatoms. The van der Waals surface area contributed by atoms with Gasteiger partial charge in [-0.2, -0.15) is 0 Å². The van der Waals surface area contributed by atoms with Crippen molar-refractivity contribution in [3.8, 4) is 0 Å². The van der Waals surface area contributed by atoms with Crippen molar-refractivity contribution in [2.24, 2.45) is 0 Å². The number of rotatable bonds is 4. The highest BCUT2D eigenvalue weighted by molar-refractivity contribution is 5.75. The summed E-state index contributed by atoms with van der Waals surface area (Å²) in [5.74, 6) is -0.305. The summed E-state index contributed by atoms with van der Waals surface area (Å²) >= 11 is 0. The second-order valence-electron chi connectivity index (χ2n) is 4.70. The number of benzene rings is 2. The summed E-state index contributed by atoms with van der Waals surface area (Å²) in [5.41, 5.74) is 2.90. The number of carbonyl (C=O) groups is 1. The number of carbonyl (C=O) groups excluding carboxylic acids is 1. The fraction of sp³-hybridized carbons (Fsp3) is 0.118. The highest BCUT2D eigenvalue weighted by Gasteiger charge is 1.98. The van der Waals surface area contributed by atoms with E-state index in [1.807, 2.05) is 31.2 Å². The zero-order chi connectivity index (χ0) is 15.1. The molecule has 0 spiro atoms. The van der Waals surface area contributed by atoms with Gasteiger partial charge in [0.2, 0.25) is 0 Å². The van der Waals surface area contributed by atoms with Crippen molar-refractivity contribution >= 4 is 12.1 Å². The second-order valence-corrected chi connectivity index (χ2v) is 4.70. The largest absolute Gasteiger partial charge is 0.334 e. The van der Waals surface area contributed by atoms with Crippen LogP contribution >= 0.6 is 0 Å². The molecule has 0 atom stereocenters. The summed E-state index contributed by atoms with van der Waals surface area (Å²) in [6.07, 6.45) is 3.12. The van der Waals surface area contributed by atoms with E-state index in [-0.39, 0.29) is 11.8 Å². The lowest BCUT2D eigenvalue weighted by Gasteiger charge is -2.05. The Hall–Kier alpha value is -2.62. The van der Waals surface area contributed by atoms with Crippen molar-refractivity contribution in [1.82, 2.24) is 10.6 Å². The number of urea groups is 1. The van der Waals surface area contributed by atoms with E-state index in [1.165, 1.54) is 23.9 Å². The summed E-state index contributed by atoms with van der Waals surface area (Å²) in [5, 5.41) is 5.32. The SMILES string of the molecule is Cc1ccc(CNC(=O)N/C=C/c2cccc(F)c2)cc1. The van der Waals surface area contributed by atoms with Crippen LogP contribution in [0.1, 0.15) is 16.7 Å². The van der Waals surface area contributed by atoms with Crippen LogP contribution in [0.15, 0.2) is 54.7 Å². The van der Waals surface area contributed by atoms with E-state index in [0.717, 1.165) is 5.56 Å². The number of hydrogen-bond donors (Lipinski definition) is 2. The molecule has 2 N–H and O–H groups in total. The predicted molar refractivity (Wildman–Crippen MR) is 82.0 cm³/mol. The molecule has 3 nitrogen and oxygen atoms in total. The maximum Gasteiger partial charge on any atom is 0.319 e. The lowest BCUT2D eigenvalue weighted by molar-refractivity contribution is 0.244. The third-order valence-corrected chi connectivity index (χ3v) is 2.91. The molecule has 0 saturated heterocycles. The minimum atomic E-state index is -0.305. The third-order valence-electron chi connectivity index (χ3n) is 2.91. The molecule has 0 heterocycles. The van der Waals surface area contributed by atoms with Gasteiger partial charge < -0.3 is 10.6 Å². The molecule has 108 valence electrons. The Morgan fingerprint density at radius 2 is 1.95 bits per heavy atom. The molecule has 2 rings (SSSR count). The molecule has 0 radical (unpaired) electrons. The molecule has 2 amide bonds. The topological polar surface area (TPSA) is 41.1 Å². The Morgan fingerprint density at radius 3 is 2.67 bits per heavy atom. The van der Waals surface area contributed by atoms with Crippen molar-refractivity contribution in [2.45, 2.75) is 13.5 Å². The highest BCUT2D eigenvalue weighted by atomic mass is 19.1. The summed E-state index contributed by atoms with van der Waals surface area (Å²) in [6.45, 7) is 2.47. The lowest BCUT2D eigenvalue weighted by Crippen LogP contribution is -2.31. The minimum absolute atomic E-state index is 0.303. The average molecular weight is 284 g/mol. The van der Waals surface area contributed by atoms with Crippen molar-refractivity contribution in [1.29, 1.82) is 0 Å². The first-order valence-corrected chi connectivity index (χ1v) is 6.65. The van der Waals surface area contributed by atoms with Crippen LogP contribution in [-0.4, -0.2) is 6.03 Å². The lowest BCUT2D eigenvalue weighted by atomic mass is 10.1. The molecule has 0 aromatic heterocycles. The monoisotopic (exact) mass is 284 g/mol. The Balaban J connectivity index is 1.78. The van der Waals surface area contributed by atoms with Crippen LogP contribution in [-0.2, 0) is 6.54 Å². The number of halogens is 1. The summed E-state index contributed by atoms with van der Waals surface area (Å²) < 4.78 is 13.0. The molecule has 0 unspecified atom stereocenters. The smallest absolute Gasteiger partial charge is 0.319 e. The van der Waals surface area contributed by atoms with Gasteiger partial charge in [-0.3, -0.25) is 0 Å². The third kappa shape index (κ3) is 5.10. The molecule has 2 aromatic carbocycles. The van der Waals surface area contributed by atoms with Crippen LogP contribution in [0.4, 0.5) is 9.18 Å². The Kier molecular flexibility index (Phi) is 5.10. The van der Waals surface area contributed by atoms with Gasteiger partial charge in [0.25, 0.3) is 0 Å². The molecule has 2 aromatic rings. The molecule has 21 heavy (non-hydrogen) atoms. The van der Waals surface area contributed by atoms with Gasteiger partial charge in [0.1, 0.15) is 5.82 Å². The predicted octanol–water partition coefficient (Wildman–Crippen LogP) is 3.60. The van der Waals surface area contributed by atoms with Crippen LogP contribution < -0.4 is 10.6 Å². The Bertz CT molecular complexity index is 635. The van der Waals surface area contributed by atoms with E-state index < -0.39 is 0 Å². The second kappa shape index (κ2) is 7.24. The van der Waals surface area contributed by atoms with Gasteiger partial charge in [-0.05, 0) is 36.3 Å². The molecule has 0 bridgehead atoms. The van der Waals surface area contributed by atoms with E-state index in [0.29, 0.717) is 12.1 Å². The first-order chi connectivity index (χ1) is 10.1. The van der Waals surface area contributed by atoms with Gasteiger partial charge >= 0.3 is 6.03 Å². The van der Waals surface area contributed by atoms with E-state index >= 15 is 0 Å². The number of nitrogens with one attached hydrogen (secondary N) is 2. The first kappa shape index (κ1) is 14.8. The molecule has 0 aliphatic heterocycles. The van der Waals surface area contributed by atoms with Crippen molar-refractivity contribution in [2.75, 3.05) is 0 Å². The van der Waals surface area contributed by atoms with E-state index in [4.69, 9.17) is 0 Å². The summed E-state index contributed by atoms with van der Waals surface area (Å²) in [7, 11) is 0. The quantitative estimate of drug-likeness (QED) is 0.885. The van der Waals surface area contributed by atoms with Crippen LogP contribution in [0, 0.1) is 12.7 Å². The van der Waals surface area contributed by atoms with Gasteiger partial charge in [-0.1, -0.05) is 42.0 Å². The van der Waals surface area contributed by atoms with Gasteiger partial charge in [0, 0.05) is 12.7 Å². The van der Waals surface area contributed by atoms with Crippen LogP contribution in [0.25, 0.3) is 6.08 Å². The van der Waals surface area contributed by atoms with E-state index in [9.17, 15) is 9.18 Å². The number of aryl methyl sites for hydroxylation is 1. The molecule has 0 aliphatic carbocycles. The first-order valence-electron chi connectivity index (χ1n) is 6.65. The van der Waals surface area contributed by atoms with Crippen molar-refractivity contribution in [3.63, 3.8) is 0 Å². The maximum atomic E-state index is 13.0. The van der Waals surface area contributed by atoms with E-state index in [1.54, 1.807) is 18.2 Å². The number of hydrogen-bond acceptors (Lipinski definition) is 1. The maximum absolute atomic E-state index is 13.0. The van der Waals surface area contributed by atoms with Gasteiger partial charge in [0.05, 0.1) is 0 Å². The van der Waals surface area contributed by atoms with Gasteiger partial charge in [0.15, 0.2) is 0 Å². The molecule has 0 fully saturated rings. The Morgan fingerprint density at radius 1 is 1.19 bits per heavy atom. The Labute approximate surface area is 123 Å².